The number of nitrogens with two attached hydrogens (primary N) is 1. The number of para-hydroxylation sites is 1. The molecule has 102 valence electrons. The van der Waals surface area contributed by atoms with Crippen molar-refractivity contribution in [2.24, 2.45) is 0 Å². The minimum atomic E-state index is -0.472. The van der Waals surface area contributed by atoms with Gasteiger partial charge in [0.25, 0.3) is 0 Å². The lowest BCUT2D eigenvalue weighted by Crippen LogP contribution is -2.25. The van der Waals surface area contributed by atoms with Crippen LogP contribution in [-0.2, 0) is 5.60 Å². The van der Waals surface area contributed by atoms with Gasteiger partial charge in [0.15, 0.2) is 5.60 Å². The van der Waals surface area contributed by atoms with E-state index in [9.17, 15) is 0 Å². The molecule has 0 aliphatic rings. The van der Waals surface area contributed by atoms with E-state index in [4.69, 9.17) is 10.5 Å². The number of rotatable bonds is 3. The molecular formula is C16H16N2OS. The quantitative estimate of drug-likeness (QED) is 0.733. The lowest BCUT2D eigenvalue weighted by molar-refractivity contribution is 0.109. The molecule has 0 fully saturated rings. The number of fused-ring (bicyclic) bond motifs is 1. The standard InChI is InChI=1S/C16H16N2OS/c1-16(2,19-12-9-7-11(17)8-10-12)15-18-13-5-3-4-6-14(13)20-15/h3-10H,17H2,1-2H3. The van der Waals surface area contributed by atoms with E-state index in [-0.39, 0.29) is 0 Å². The number of benzene rings is 2. The summed E-state index contributed by atoms with van der Waals surface area (Å²) in [6, 6.07) is 15.6. The topological polar surface area (TPSA) is 48.1 Å². The van der Waals surface area contributed by atoms with Crippen LogP contribution in [0.3, 0.4) is 0 Å². The Kier molecular flexibility index (Phi) is 3.10. The van der Waals surface area contributed by atoms with Gasteiger partial charge in [0.1, 0.15) is 10.8 Å². The monoisotopic (exact) mass is 284 g/mol. The van der Waals surface area contributed by atoms with Gasteiger partial charge in [-0.15, -0.1) is 11.3 Å². The summed E-state index contributed by atoms with van der Waals surface area (Å²) in [5, 5.41) is 0.968. The molecule has 0 spiro atoms. The Bertz CT molecular complexity index is 699. The van der Waals surface area contributed by atoms with Gasteiger partial charge in [-0.3, -0.25) is 0 Å². The largest absolute Gasteiger partial charge is 0.481 e. The molecule has 0 radical (unpaired) electrons. The molecule has 4 heteroatoms. The SMILES string of the molecule is CC(C)(Oc1ccc(N)cc1)c1nc2ccccc2s1. The Balaban J connectivity index is 1.92. The zero-order chi connectivity index (χ0) is 14.2. The summed E-state index contributed by atoms with van der Waals surface area (Å²) in [5.41, 5.74) is 6.96. The van der Waals surface area contributed by atoms with E-state index in [1.54, 1.807) is 11.3 Å². The fourth-order valence-electron chi connectivity index (χ4n) is 2.00. The third-order valence-corrected chi connectivity index (χ3v) is 4.40. The fraction of sp³-hybridized carbons (Fsp3) is 0.188. The molecule has 0 saturated heterocycles. The lowest BCUT2D eigenvalue weighted by Gasteiger charge is -2.24. The highest BCUT2D eigenvalue weighted by Gasteiger charge is 2.27. The smallest absolute Gasteiger partial charge is 0.155 e. The Morgan fingerprint density at radius 2 is 1.75 bits per heavy atom. The number of nitrogen functional groups attached to an aromatic ring is 1. The van der Waals surface area contributed by atoms with Gasteiger partial charge in [0, 0.05) is 5.69 Å². The Morgan fingerprint density at radius 1 is 1.05 bits per heavy atom. The van der Waals surface area contributed by atoms with Gasteiger partial charge in [-0.2, -0.15) is 0 Å². The molecular weight excluding hydrogens is 268 g/mol. The molecule has 0 saturated carbocycles. The maximum absolute atomic E-state index is 6.06. The number of thiazole rings is 1. The van der Waals surface area contributed by atoms with Crippen LogP contribution >= 0.6 is 11.3 Å². The van der Waals surface area contributed by atoms with Crippen molar-refractivity contribution in [2.45, 2.75) is 19.4 Å². The second kappa shape index (κ2) is 4.80. The van der Waals surface area contributed by atoms with Gasteiger partial charge in [-0.25, -0.2) is 4.98 Å². The first-order chi connectivity index (χ1) is 9.54. The summed E-state index contributed by atoms with van der Waals surface area (Å²) in [6.07, 6.45) is 0. The van der Waals surface area contributed by atoms with Crippen molar-refractivity contribution in [3.63, 3.8) is 0 Å². The van der Waals surface area contributed by atoms with Crippen LogP contribution in [0.15, 0.2) is 48.5 Å². The second-order valence-corrected chi connectivity index (χ2v) is 6.20. The Morgan fingerprint density at radius 3 is 2.45 bits per heavy atom. The van der Waals surface area contributed by atoms with Crippen molar-refractivity contribution in [1.82, 2.24) is 4.98 Å². The van der Waals surface area contributed by atoms with Gasteiger partial charge in [-0.05, 0) is 50.2 Å². The van der Waals surface area contributed by atoms with Gasteiger partial charge >= 0.3 is 0 Å². The first-order valence-electron chi connectivity index (χ1n) is 6.45. The summed E-state index contributed by atoms with van der Waals surface area (Å²) in [5.74, 6) is 0.795. The molecule has 20 heavy (non-hydrogen) atoms. The third-order valence-electron chi connectivity index (χ3n) is 3.06. The number of hydrogen-bond donors (Lipinski definition) is 1. The van der Waals surface area contributed by atoms with E-state index in [0.29, 0.717) is 0 Å². The molecule has 0 unspecified atom stereocenters. The number of nitrogens with zero attached hydrogens (tertiary/aromatic N) is 1. The van der Waals surface area contributed by atoms with E-state index in [1.807, 2.05) is 56.3 Å². The summed E-state index contributed by atoms with van der Waals surface area (Å²) in [4.78, 5) is 4.67. The minimum Gasteiger partial charge on any atom is -0.481 e. The molecule has 3 aromatic rings. The molecule has 0 bridgehead atoms. The maximum Gasteiger partial charge on any atom is 0.155 e. The highest BCUT2D eigenvalue weighted by atomic mass is 32.1. The van der Waals surface area contributed by atoms with Crippen LogP contribution in [0.5, 0.6) is 5.75 Å². The molecule has 0 atom stereocenters. The summed E-state index contributed by atoms with van der Waals surface area (Å²) in [6.45, 7) is 4.06. The van der Waals surface area contributed by atoms with Crippen LogP contribution in [0.1, 0.15) is 18.9 Å². The molecule has 0 aliphatic carbocycles. The van der Waals surface area contributed by atoms with E-state index in [1.165, 1.54) is 4.70 Å². The summed E-state index contributed by atoms with van der Waals surface area (Å²) >= 11 is 1.67. The number of hydrogen-bond acceptors (Lipinski definition) is 4. The Labute approximate surface area is 122 Å². The molecule has 3 nitrogen and oxygen atoms in total. The van der Waals surface area contributed by atoms with Crippen molar-refractivity contribution in [2.75, 3.05) is 5.73 Å². The van der Waals surface area contributed by atoms with E-state index in [0.717, 1.165) is 22.0 Å². The van der Waals surface area contributed by atoms with Crippen molar-refractivity contribution in [3.05, 3.63) is 53.5 Å². The van der Waals surface area contributed by atoms with Gasteiger partial charge in [0.2, 0.25) is 0 Å². The highest BCUT2D eigenvalue weighted by Crippen LogP contribution is 2.33. The van der Waals surface area contributed by atoms with Gasteiger partial charge in [0.05, 0.1) is 10.2 Å². The summed E-state index contributed by atoms with van der Waals surface area (Å²) in [7, 11) is 0. The maximum atomic E-state index is 6.06. The lowest BCUT2D eigenvalue weighted by atomic mass is 10.1. The molecule has 0 aliphatic heterocycles. The Hall–Kier alpha value is -2.07. The second-order valence-electron chi connectivity index (χ2n) is 5.17. The first kappa shape index (κ1) is 12.9. The van der Waals surface area contributed by atoms with E-state index >= 15 is 0 Å². The van der Waals surface area contributed by atoms with Crippen LogP contribution in [-0.4, -0.2) is 4.98 Å². The van der Waals surface area contributed by atoms with Crippen LogP contribution in [0.2, 0.25) is 0 Å². The van der Waals surface area contributed by atoms with Crippen molar-refractivity contribution >= 4 is 27.2 Å². The fourth-order valence-corrected chi connectivity index (χ4v) is 3.01. The molecule has 1 aromatic heterocycles. The van der Waals surface area contributed by atoms with Crippen LogP contribution in [0.25, 0.3) is 10.2 Å². The molecule has 1 heterocycles. The highest BCUT2D eigenvalue weighted by molar-refractivity contribution is 7.18. The summed E-state index contributed by atoms with van der Waals surface area (Å²) < 4.78 is 7.24. The number of ether oxygens (including phenoxy) is 1. The average molecular weight is 284 g/mol. The average Bonchev–Trinajstić information content (AvgIpc) is 2.86. The predicted molar refractivity (Wildman–Crippen MR) is 84.1 cm³/mol. The van der Waals surface area contributed by atoms with Gasteiger partial charge < -0.3 is 10.5 Å². The van der Waals surface area contributed by atoms with Crippen LogP contribution in [0, 0.1) is 0 Å². The number of anilines is 1. The van der Waals surface area contributed by atoms with Crippen molar-refractivity contribution in [1.29, 1.82) is 0 Å². The van der Waals surface area contributed by atoms with Crippen LogP contribution < -0.4 is 10.5 Å². The molecule has 3 rings (SSSR count). The van der Waals surface area contributed by atoms with E-state index < -0.39 is 5.60 Å². The number of aromatic nitrogens is 1. The van der Waals surface area contributed by atoms with Crippen LogP contribution in [0.4, 0.5) is 5.69 Å². The molecule has 2 aromatic carbocycles. The van der Waals surface area contributed by atoms with Gasteiger partial charge in [-0.1, -0.05) is 12.1 Å². The predicted octanol–water partition coefficient (Wildman–Crippen LogP) is 4.19. The van der Waals surface area contributed by atoms with Crippen molar-refractivity contribution < 1.29 is 4.74 Å². The first-order valence-corrected chi connectivity index (χ1v) is 7.27. The normalized spacial score (nSPS) is 11.7. The van der Waals surface area contributed by atoms with E-state index in [2.05, 4.69) is 11.1 Å². The van der Waals surface area contributed by atoms with Crippen molar-refractivity contribution in [3.8, 4) is 5.75 Å². The molecule has 0 amide bonds. The zero-order valence-electron chi connectivity index (χ0n) is 11.5. The third kappa shape index (κ3) is 2.47. The molecule has 2 N–H and O–H groups in total. The zero-order valence-corrected chi connectivity index (χ0v) is 12.3. The minimum absolute atomic E-state index is 0.472.